The fraction of sp³-hybridized carbons (Fsp3) is 0.381. The molecule has 3 heterocycles. The van der Waals surface area contributed by atoms with Gasteiger partial charge in [0, 0.05) is 62.8 Å². The number of rotatable bonds is 5. The van der Waals surface area contributed by atoms with E-state index in [1.54, 1.807) is 21.9 Å². The molecule has 11 heteroatoms. The minimum absolute atomic E-state index is 0.250. The van der Waals surface area contributed by atoms with Crippen molar-refractivity contribution in [3.05, 3.63) is 48.1 Å². The van der Waals surface area contributed by atoms with Gasteiger partial charge in [-0.3, -0.25) is 19.7 Å². The van der Waals surface area contributed by atoms with E-state index in [1.807, 2.05) is 38.6 Å². The van der Waals surface area contributed by atoms with Gasteiger partial charge in [0.1, 0.15) is 5.75 Å². The molecule has 0 saturated carbocycles. The minimum atomic E-state index is -0.260. The molecular formula is C21H29N7O4. The SMILES string of the molecule is CCOc1cc2nn(C)cc2cc1C(=O)NN1C=CC(N2CCN[C@@H](C)C2)=CN1.O=CO. The number of aromatic nitrogens is 2. The smallest absolute Gasteiger partial charge is 0.290 e. The first kappa shape index (κ1) is 22.9. The topological polar surface area (TPSA) is 124 Å². The minimum Gasteiger partial charge on any atom is -0.493 e. The van der Waals surface area contributed by atoms with Gasteiger partial charge in [0.15, 0.2) is 0 Å². The molecule has 1 aromatic carbocycles. The number of carbonyl (C=O) groups is 2. The molecule has 172 valence electrons. The first-order valence-corrected chi connectivity index (χ1v) is 10.4. The van der Waals surface area contributed by atoms with Crippen molar-refractivity contribution in [1.29, 1.82) is 0 Å². The maximum Gasteiger partial charge on any atom is 0.290 e. The third kappa shape index (κ3) is 5.49. The van der Waals surface area contributed by atoms with Gasteiger partial charge < -0.3 is 20.1 Å². The van der Waals surface area contributed by atoms with Crippen LogP contribution in [0.25, 0.3) is 10.9 Å². The van der Waals surface area contributed by atoms with Crippen LogP contribution in [0.5, 0.6) is 5.75 Å². The zero-order valence-electron chi connectivity index (χ0n) is 18.4. The lowest BCUT2D eigenvalue weighted by atomic mass is 10.1. The fourth-order valence-corrected chi connectivity index (χ4v) is 3.61. The largest absolute Gasteiger partial charge is 0.493 e. The van der Waals surface area contributed by atoms with Crippen molar-refractivity contribution in [2.24, 2.45) is 7.05 Å². The maximum absolute atomic E-state index is 12.9. The van der Waals surface area contributed by atoms with E-state index in [0.717, 1.165) is 36.2 Å². The first-order chi connectivity index (χ1) is 15.4. The lowest BCUT2D eigenvalue weighted by Crippen LogP contribution is -2.50. The van der Waals surface area contributed by atoms with Crippen LogP contribution >= 0.6 is 0 Å². The van der Waals surface area contributed by atoms with Crippen LogP contribution in [0, 0.1) is 0 Å². The molecule has 0 aliphatic carbocycles. The van der Waals surface area contributed by atoms with Gasteiger partial charge in [0.2, 0.25) is 0 Å². The van der Waals surface area contributed by atoms with E-state index in [0.29, 0.717) is 24.0 Å². The molecule has 11 nitrogen and oxygen atoms in total. The van der Waals surface area contributed by atoms with Gasteiger partial charge in [0.05, 0.1) is 23.4 Å². The van der Waals surface area contributed by atoms with Gasteiger partial charge in [0.25, 0.3) is 12.4 Å². The third-order valence-corrected chi connectivity index (χ3v) is 4.97. The van der Waals surface area contributed by atoms with Crippen molar-refractivity contribution in [2.45, 2.75) is 19.9 Å². The highest BCUT2D eigenvalue weighted by atomic mass is 16.5. The predicted octanol–water partition coefficient (Wildman–Crippen LogP) is 0.787. The fourth-order valence-electron chi connectivity index (χ4n) is 3.61. The molecule has 1 aromatic heterocycles. The van der Waals surface area contributed by atoms with Gasteiger partial charge >= 0.3 is 0 Å². The number of piperazine rings is 1. The summed E-state index contributed by atoms with van der Waals surface area (Å²) in [6, 6.07) is 4.06. The van der Waals surface area contributed by atoms with Crippen LogP contribution in [-0.4, -0.2) is 69.6 Å². The van der Waals surface area contributed by atoms with E-state index in [2.05, 4.69) is 33.1 Å². The Morgan fingerprint density at radius 2 is 2.22 bits per heavy atom. The predicted molar refractivity (Wildman–Crippen MR) is 119 cm³/mol. The van der Waals surface area contributed by atoms with Gasteiger partial charge in [-0.2, -0.15) is 5.10 Å². The Labute approximate surface area is 186 Å². The van der Waals surface area contributed by atoms with Crippen LogP contribution in [0.3, 0.4) is 0 Å². The van der Waals surface area contributed by atoms with E-state index in [9.17, 15) is 4.79 Å². The quantitative estimate of drug-likeness (QED) is 0.497. The van der Waals surface area contributed by atoms with Crippen molar-refractivity contribution >= 4 is 23.3 Å². The van der Waals surface area contributed by atoms with Gasteiger partial charge in [-0.1, -0.05) is 0 Å². The maximum atomic E-state index is 12.9. The second kappa shape index (κ2) is 10.5. The molecule has 2 aromatic rings. The molecule has 1 saturated heterocycles. The van der Waals surface area contributed by atoms with Crippen LogP contribution in [0.2, 0.25) is 0 Å². The van der Waals surface area contributed by atoms with Crippen molar-refractivity contribution in [3.63, 3.8) is 0 Å². The van der Waals surface area contributed by atoms with Crippen molar-refractivity contribution in [1.82, 2.24) is 36.0 Å². The summed E-state index contributed by atoms with van der Waals surface area (Å²) in [5, 5.41) is 17.1. The van der Waals surface area contributed by atoms with E-state index in [1.165, 1.54) is 0 Å². The number of fused-ring (bicyclic) bond motifs is 1. The monoisotopic (exact) mass is 443 g/mol. The zero-order chi connectivity index (χ0) is 23.1. The number of nitrogens with zero attached hydrogens (tertiary/aromatic N) is 4. The highest BCUT2D eigenvalue weighted by Gasteiger charge is 2.20. The summed E-state index contributed by atoms with van der Waals surface area (Å²) in [4.78, 5) is 23.6. The number of aryl methyl sites for hydroxylation is 1. The van der Waals surface area contributed by atoms with Crippen molar-refractivity contribution < 1.29 is 19.4 Å². The molecule has 2 aliphatic rings. The van der Waals surface area contributed by atoms with Crippen LogP contribution in [0.15, 0.2) is 42.5 Å². The number of benzene rings is 1. The van der Waals surface area contributed by atoms with Gasteiger partial charge in [-0.15, -0.1) is 0 Å². The Balaban J connectivity index is 0.000000913. The number of hydrogen-bond acceptors (Lipinski definition) is 8. The number of allylic oxidation sites excluding steroid dienone is 1. The standard InChI is InChI=1S/C20H27N7O2.CH2O2/c1-4-29-19-10-18-15(13-25(3)23-18)9-17(19)20(28)24-27-7-5-16(11-22-27)26-8-6-21-14(2)12-26;2-1-3/h5,7,9-11,13-14,21-22H,4,6,8,12H2,1-3H3,(H,24,28);1H,(H,2,3)/t14-;/m0./s1. The van der Waals surface area contributed by atoms with E-state index < -0.39 is 0 Å². The number of nitrogens with one attached hydrogen (secondary N) is 3. The lowest BCUT2D eigenvalue weighted by molar-refractivity contribution is -0.122. The molecule has 2 aliphatic heterocycles. The second-order valence-electron chi connectivity index (χ2n) is 7.37. The number of ether oxygens (including phenoxy) is 1. The van der Waals surface area contributed by atoms with Crippen molar-refractivity contribution in [3.8, 4) is 5.75 Å². The zero-order valence-corrected chi connectivity index (χ0v) is 18.4. The number of amides is 1. The lowest BCUT2D eigenvalue weighted by Gasteiger charge is -2.36. The van der Waals surface area contributed by atoms with E-state index in [-0.39, 0.29) is 12.4 Å². The summed E-state index contributed by atoms with van der Waals surface area (Å²) in [7, 11) is 1.85. The van der Waals surface area contributed by atoms with Crippen LogP contribution in [0.1, 0.15) is 24.2 Å². The number of hydrogen-bond donors (Lipinski definition) is 4. The number of hydrazine groups is 2. The van der Waals surface area contributed by atoms with Crippen LogP contribution < -0.4 is 20.9 Å². The molecule has 32 heavy (non-hydrogen) atoms. The van der Waals surface area contributed by atoms with Gasteiger partial charge in [-0.25, -0.2) is 10.5 Å². The normalized spacial score (nSPS) is 17.7. The van der Waals surface area contributed by atoms with Crippen molar-refractivity contribution in [2.75, 3.05) is 26.2 Å². The second-order valence-corrected chi connectivity index (χ2v) is 7.37. The summed E-state index contributed by atoms with van der Waals surface area (Å²) < 4.78 is 7.40. The Morgan fingerprint density at radius 3 is 2.88 bits per heavy atom. The van der Waals surface area contributed by atoms with Crippen LogP contribution in [-0.2, 0) is 11.8 Å². The molecule has 1 atom stereocenters. The Kier molecular flexibility index (Phi) is 7.55. The average Bonchev–Trinajstić information content (AvgIpc) is 3.13. The molecule has 1 fully saturated rings. The molecule has 4 N–H and O–H groups in total. The van der Waals surface area contributed by atoms with E-state index in [4.69, 9.17) is 14.6 Å². The Hall–Kier alpha value is -3.73. The van der Waals surface area contributed by atoms with Gasteiger partial charge in [-0.05, 0) is 26.0 Å². The molecule has 0 bridgehead atoms. The Bertz CT molecular complexity index is 1020. The molecule has 1 amide bonds. The van der Waals surface area contributed by atoms with Crippen LogP contribution in [0.4, 0.5) is 0 Å². The summed E-state index contributed by atoms with van der Waals surface area (Å²) in [5.74, 6) is 0.257. The highest BCUT2D eigenvalue weighted by molar-refractivity contribution is 6.00. The molecule has 0 unspecified atom stereocenters. The molecule has 0 spiro atoms. The first-order valence-electron chi connectivity index (χ1n) is 10.4. The number of carboxylic acid groups (broad SMARTS) is 1. The molecular weight excluding hydrogens is 414 g/mol. The average molecular weight is 444 g/mol. The summed E-state index contributed by atoms with van der Waals surface area (Å²) >= 11 is 0. The number of carbonyl (C=O) groups excluding carboxylic acids is 1. The Morgan fingerprint density at radius 1 is 1.44 bits per heavy atom. The third-order valence-electron chi connectivity index (χ3n) is 4.97. The summed E-state index contributed by atoms with van der Waals surface area (Å²) in [6.45, 7) is 7.15. The summed E-state index contributed by atoms with van der Waals surface area (Å²) in [5.41, 5.74) is 8.31. The summed E-state index contributed by atoms with van der Waals surface area (Å²) in [6.07, 6.45) is 7.57. The van der Waals surface area contributed by atoms with E-state index >= 15 is 0 Å². The highest BCUT2D eigenvalue weighted by Crippen LogP contribution is 2.25. The molecule has 0 radical (unpaired) electrons. The molecule has 4 rings (SSSR count).